The molecule has 0 spiro atoms. The Morgan fingerprint density at radius 2 is 1.37 bits per heavy atom. The number of aromatic amines is 1. The number of nitrogen functional groups attached to an aromatic ring is 1. The number of piperidine rings is 1. The number of benzene rings is 1. The molecule has 706 valence electrons. The number of rotatable bonds is 45. The molecule has 0 unspecified atom stereocenters. The number of aliphatic hydroxyl groups is 2. The van der Waals surface area contributed by atoms with Gasteiger partial charge < -0.3 is 107 Å². The molecule has 2 saturated heterocycles. The number of carbonyl (C=O) groups is 6. The van der Waals surface area contributed by atoms with Crippen LogP contribution in [-0.4, -0.2) is 303 Å². The lowest BCUT2D eigenvalue weighted by atomic mass is 9.77. The van der Waals surface area contributed by atoms with E-state index >= 15 is 0 Å². The zero-order valence-electron chi connectivity index (χ0n) is 76.0. The number of phenols is 1. The summed E-state index contributed by atoms with van der Waals surface area (Å²) in [5.41, 5.74) is 11.0. The number of nitrogens with zero attached hydrogens (tertiary/aromatic N) is 8. The number of aliphatic hydroxyl groups excluding tert-OH is 1. The number of esters is 1. The number of cyclic esters (lactones) is 1. The molecule has 35 heteroatoms. The van der Waals surface area contributed by atoms with Crippen molar-refractivity contribution in [1.29, 1.82) is 0 Å². The molecule has 1 aliphatic carbocycles. The van der Waals surface area contributed by atoms with Crippen molar-refractivity contribution in [2.45, 2.75) is 212 Å². The van der Waals surface area contributed by atoms with Crippen molar-refractivity contribution >= 4 is 62.9 Å². The van der Waals surface area contributed by atoms with Gasteiger partial charge in [0.1, 0.15) is 59.4 Å². The topological polar surface area (TPSA) is 433 Å². The molecule has 1 aromatic carbocycles. The summed E-state index contributed by atoms with van der Waals surface area (Å²) in [4.78, 5) is 97.9. The fourth-order valence-corrected chi connectivity index (χ4v) is 16.6. The summed E-state index contributed by atoms with van der Waals surface area (Å²) in [6, 6.07) is 5.68. The Bertz CT molecular complexity index is 4320. The lowest BCUT2D eigenvalue weighted by Crippen LogP contribution is -2.61. The highest BCUT2D eigenvalue weighted by molar-refractivity contribution is 6.39. The normalized spacial score (nSPS) is 26.5. The first-order chi connectivity index (χ1) is 61.4. The van der Waals surface area contributed by atoms with E-state index in [1.165, 1.54) is 18.3 Å². The Labute approximate surface area is 745 Å². The molecule has 4 aliphatic rings. The highest BCUT2D eigenvalue weighted by Gasteiger charge is 2.53. The third-order valence-corrected chi connectivity index (χ3v) is 24.0. The number of Topliss-reactive ketones (excluding diaryl/α,β-unsaturated/α-hetero) is 3. The first kappa shape index (κ1) is 103. The second-order valence-corrected chi connectivity index (χ2v) is 33.6. The lowest BCUT2D eigenvalue weighted by Gasteiger charge is -2.42. The fourth-order valence-electron chi connectivity index (χ4n) is 16.6. The number of ketones is 3. The average molecular weight is 1780 g/mol. The minimum atomic E-state index is -2.47. The van der Waals surface area contributed by atoms with Gasteiger partial charge in [-0.3, -0.25) is 24.0 Å². The molecule has 2 amide bonds. The van der Waals surface area contributed by atoms with Crippen LogP contribution in [-0.2, 0) is 113 Å². The Balaban J connectivity index is 0.587. The molecule has 4 aromatic heterocycles. The van der Waals surface area contributed by atoms with Crippen molar-refractivity contribution in [2.24, 2.45) is 35.5 Å². The maximum absolute atomic E-state index is 14.8. The molecule has 9 rings (SSSR count). The summed E-state index contributed by atoms with van der Waals surface area (Å²) < 4.78 is 90.4. The predicted octanol–water partition coefficient (Wildman–Crippen LogP) is 8.88. The van der Waals surface area contributed by atoms with E-state index in [2.05, 4.69) is 30.6 Å². The monoisotopic (exact) mass is 1780 g/mol. The van der Waals surface area contributed by atoms with Gasteiger partial charge in [0.15, 0.2) is 11.4 Å². The molecule has 5 aromatic rings. The number of aromatic nitrogens is 8. The van der Waals surface area contributed by atoms with Gasteiger partial charge in [-0.2, -0.15) is 5.10 Å². The van der Waals surface area contributed by atoms with E-state index in [4.69, 9.17) is 81.9 Å². The first-order valence-corrected chi connectivity index (χ1v) is 45.1. The fraction of sp³-hybridized carbons (Fsp3) is 0.685. The molecule has 127 heavy (non-hydrogen) atoms. The number of nitrogens with two attached hydrogens (primary N) is 1. The maximum Gasteiger partial charge on any atom is 0.329 e. The van der Waals surface area contributed by atoms with Crippen LogP contribution < -0.4 is 11.1 Å². The zero-order valence-corrected chi connectivity index (χ0v) is 76.0. The number of allylic oxidation sites excluding steroid dienone is 6. The number of phenolic OH excluding ortho intramolecular Hbond substituents is 1. The molecule has 7 heterocycles. The summed E-state index contributed by atoms with van der Waals surface area (Å²) in [5, 5.41) is 51.9. The largest absolute Gasteiger partial charge is 0.508 e. The predicted molar refractivity (Wildman–Crippen MR) is 471 cm³/mol. The van der Waals surface area contributed by atoms with Gasteiger partial charge in [0.2, 0.25) is 11.7 Å². The Morgan fingerprint density at radius 1 is 0.724 bits per heavy atom. The molecular formula is C92H139N11O24. The smallest absolute Gasteiger partial charge is 0.329 e. The average Bonchev–Trinajstić information content (AvgIpc) is 1.71. The highest BCUT2D eigenvalue weighted by Crippen LogP contribution is 2.41. The van der Waals surface area contributed by atoms with Crippen LogP contribution in [0.1, 0.15) is 157 Å². The lowest BCUT2D eigenvalue weighted by molar-refractivity contribution is -0.265. The Hall–Kier alpha value is -8.21. The van der Waals surface area contributed by atoms with Crippen LogP contribution in [0.4, 0.5) is 5.82 Å². The first-order valence-electron chi connectivity index (χ1n) is 45.1. The van der Waals surface area contributed by atoms with Crippen LogP contribution in [0.15, 0.2) is 84.4 Å². The molecule has 3 fully saturated rings. The van der Waals surface area contributed by atoms with Gasteiger partial charge >= 0.3 is 5.97 Å². The quantitative estimate of drug-likeness (QED) is 0.00916. The van der Waals surface area contributed by atoms with Gasteiger partial charge in [-0.25, -0.2) is 24.1 Å². The van der Waals surface area contributed by atoms with Crippen LogP contribution in [0.2, 0.25) is 0 Å². The van der Waals surface area contributed by atoms with Gasteiger partial charge in [0.25, 0.3) is 11.7 Å². The van der Waals surface area contributed by atoms with Gasteiger partial charge in [-0.05, 0) is 144 Å². The van der Waals surface area contributed by atoms with Crippen molar-refractivity contribution in [1.82, 2.24) is 49.9 Å². The van der Waals surface area contributed by atoms with Crippen molar-refractivity contribution in [3.63, 3.8) is 0 Å². The standard InChI is InChI=1S/C92H139N11O24/c1-61-18-12-11-13-19-62(2)78(113-8)56-72-24-21-67(7)92(112,127-72)87(109)90(110)101-29-16-14-20-76(101)91(111)126-79(57-77(105)63(3)51-66(6)85(108)86(115-10)84(107)65(5)50-61)64(4)52-68-22-26-75(80(53-68)114-9)103-58-70(98-100-103)59-125-49-48-124-47-46-123-45-44-122-43-42-121-41-40-120-39-38-119-37-36-118-35-34-117-33-32-116-31-27-81(106)94-28-15-17-30-102-89-82(88(93)95-60-96-89)83(99-102)74-55-69-54-71(104)23-25-73(69)97-74/h11-13,18-19,23,25,51,54-55,58,60-61,63-65,67-68,72,75-76,78-80,85-86,97,104,108,112H,14-17,20-22,24,26-50,52-53,56-57,59H2,1-10H3,(H,94,106)(H2,93,95,96)/b13-11+,18-12+,62-19+,66-51+/t61-,63-,64-,65-,67-,68+,72+,75+,76+,78+,79+,80-,85-,86+,92-/m1/s1. The van der Waals surface area contributed by atoms with E-state index < -0.39 is 83.7 Å². The van der Waals surface area contributed by atoms with Crippen molar-refractivity contribution in [3.05, 3.63) is 90.1 Å². The number of aryl methyl sites for hydroxylation is 1. The van der Waals surface area contributed by atoms with E-state index in [1.54, 1.807) is 63.9 Å². The van der Waals surface area contributed by atoms with E-state index in [9.17, 15) is 44.1 Å². The van der Waals surface area contributed by atoms with Gasteiger partial charge in [0.05, 0.1) is 174 Å². The number of nitrogens with one attached hydrogen (secondary N) is 2. The van der Waals surface area contributed by atoms with Crippen LogP contribution >= 0.6 is 0 Å². The molecule has 1 saturated carbocycles. The number of H-pyrrole nitrogens is 1. The molecule has 35 nitrogen and oxygen atoms in total. The number of hydrogen-bond acceptors (Lipinski definition) is 30. The number of methoxy groups -OCH3 is 3. The summed E-state index contributed by atoms with van der Waals surface area (Å²) >= 11 is 0. The molecule has 2 bridgehead atoms. The molecular weight excluding hydrogens is 1640 g/mol. The summed E-state index contributed by atoms with van der Waals surface area (Å²) in [7, 11) is 4.62. The van der Waals surface area contributed by atoms with E-state index in [0.717, 1.165) is 41.4 Å². The molecule has 7 N–H and O–H groups in total. The van der Waals surface area contributed by atoms with Crippen LogP contribution in [0.3, 0.4) is 0 Å². The number of carbonyl (C=O) groups excluding carboxylic acids is 6. The SMILES string of the molecule is CO[C@H]1C[C@@H]2CC[C@@H](C)[C@@](O)(O2)C(=O)C(=O)N2CCCC[C@H]2C(=O)O[C@H]([C@H](C)C[C@@H]2CC[C@H](n3cc(COCCOCCOCCOCCOCCOCCOCCOCCOCCOCCC(=O)NCCCCn4nc(-c5cc6cc(O)ccc6[nH]5)c5c(N)ncnc54)nn3)[C@H](OC)C2)CC(=O)[C@H](C)/C=C(\C)[C@@H](O)[C@@H](OC)C(=O)[C@H](C)C[C@H](C)/C=C/C=C/C=C/1C. The third kappa shape index (κ3) is 32.1. The highest BCUT2D eigenvalue weighted by atomic mass is 16.6. The van der Waals surface area contributed by atoms with Crippen molar-refractivity contribution in [2.75, 3.05) is 166 Å². The number of aromatic hydroxyl groups is 1. The summed E-state index contributed by atoms with van der Waals surface area (Å²) in [5.74, 6) is -7.93. The van der Waals surface area contributed by atoms with Crippen molar-refractivity contribution in [3.8, 4) is 17.1 Å². The minimum Gasteiger partial charge on any atom is -0.508 e. The Kier molecular flexibility index (Phi) is 43.9. The maximum atomic E-state index is 14.8. The van der Waals surface area contributed by atoms with Gasteiger partial charge in [-0.15, -0.1) is 5.10 Å². The number of amides is 2. The third-order valence-electron chi connectivity index (χ3n) is 24.0. The summed E-state index contributed by atoms with van der Waals surface area (Å²) in [6.45, 7) is 21.6. The van der Waals surface area contributed by atoms with Gasteiger partial charge in [0, 0.05) is 88.9 Å². The minimum absolute atomic E-state index is 0.0103. The molecule has 0 radical (unpaired) electrons. The zero-order chi connectivity index (χ0) is 91.0. The van der Waals surface area contributed by atoms with Gasteiger partial charge in [-0.1, -0.05) is 76.3 Å². The van der Waals surface area contributed by atoms with E-state index in [0.29, 0.717) is 224 Å². The number of fused-ring (bicyclic) bond motifs is 5. The molecule has 3 aliphatic heterocycles. The number of anilines is 1. The van der Waals surface area contributed by atoms with Crippen molar-refractivity contribution < 1.29 is 115 Å². The van der Waals surface area contributed by atoms with E-state index in [-0.39, 0.29) is 86.2 Å². The van der Waals surface area contributed by atoms with Crippen LogP contribution in [0.5, 0.6) is 5.75 Å². The molecule has 15 atom stereocenters. The second-order valence-electron chi connectivity index (χ2n) is 33.6. The number of ether oxygens (including phenoxy) is 15. The van der Waals surface area contributed by atoms with E-state index in [1.807, 2.05) is 75.0 Å². The number of unbranched alkanes of at least 4 members (excludes halogenated alkanes) is 1. The summed E-state index contributed by atoms with van der Waals surface area (Å²) in [6.07, 6.45) is 16.6. The van der Waals surface area contributed by atoms with Crippen LogP contribution in [0.25, 0.3) is 33.3 Å². The Morgan fingerprint density at radius 3 is 2.01 bits per heavy atom. The van der Waals surface area contributed by atoms with Crippen LogP contribution in [0, 0.1) is 35.5 Å². The number of hydrogen-bond donors (Lipinski definition) is 6. The second kappa shape index (κ2) is 54.4.